The molecule has 0 saturated carbocycles. The van der Waals surface area contributed by atoms with Gasteiger partial charge in [0.2, 0.25) is 0 Å². The smallest absolute Gasteiger partial charge is 0.184 e. The van der Waals surface area contributed by atoms with Crippen LogP contribution in [0.1, 0.15) is 29.9 Å². The Bertz CT molecular complexity index is 467. The van der Waals surface area contributed by atoms with Crippen molar-refractivity contribution in [1.82, 2.24) is 0 Å². The van der Waals surface area contributed by atoms with Gasteiger partial charge < -0.3 is 19.7 Å². The Balaban J connectivity index is 1.95. The second-order valence-electron chi connectivity index (χ2n) is 4.50. The topological polar surface area (TPSA) is 108 Å². The molecule has 1 heterocycles. The molecule has 1 aliphatic heterocycles. The molecule has 2 atom stereocenters. The molecule has 0 aromatic heterocycles. The van der Waals surface area contributed by atoms with E-state index in [2.05, 4.69) is 10.0 Å². The molecule has 2 unspecified atom stereocenters. The molecule has 2 N–H and O–H groups in total. The molecule has 0 bridgehead atoms. The minimum Gasteiger partial charge on any atom is -0.390 e. The highest BCUT2D eigenvalue weighted by atomic mass is 16.7. The Hall–Kier alpha value is -1.63. The fraction of sp³-hybridized carbons (Fsp3) is 0.538. The van der Waals surface area contributed by atoms with E-state index >= 15 is 0 Å². The molecule has 1 fully saturated rings. The van der Waals surface area contributed by atoms with E-state index in [-0.39, 0.29) is 19.3 Å². The number of ether oxygens (including phenoxy) is 2. The zero-order valence-electron chi connectivity index (χ0n) is 10.9. The maximum atomic E-state index is 10.00. The second kappa shape index (κ2) is 7.23. The lowest BCUT2D eigenvalue weighted by atomic mass is 10.0. The molecule has 108 valence electrons. The first kappa shape index (κ1) is 14.8. The summed E-state index contributed by atoms with van der Waals surface area (Å²) in [5.74, 6) is 0. The number of hydrogen-bond acceptors (Lipinski definition) is 5. The van der Waals surface area contributed by atoms with Gasteiger partial charge in [-0.15, -0.1) is 0 Å². The number of nitrogens with zero attached hydrogens (tertiary/aromatic N) is 3. The van der Waals surface area contributed by atoms with E-state index in [1.807, 2.05) is 0 Å². The maximum Gasteiger partial charge on any atom is 0.184 e. The van der Waals surface area contributed by atoms with E-state index in [9.17, 15) is 10.2 Å². The van der Waals surface area contributed by atoms with Crippen LogP contribution in [0.3, 0.4) is 0 Å². The molecule has 0 radical (unpaired) electrons. The van der Waals surface area contributed by atoms with Crippen molar-refractivity contribution in [3.63, 3.8) is 0 Å². The van der Waals surface area contributed by atoms with Crippen molar-refractivity contribution < 1.29 is 19.7 Å². The predicted octanol–water partition coefficient (Wildman–Crippen LogP) is 1.83. The van der Waals surface area contributed by atoms with Crippen LogP contribution in [-0.4, -0.2) is 36.1 Å². The predicted molar refractivity (Wildman–Crippen MR) is 70.7 cm³/mol. The lowest BCUT2D eigenvalue weighted by molar-refractivity contribution is -0.0441. The summed E-state index contributed by atoms with van der Waals surface area (Å²) in [5, 5.41) is 23.1. The molecule has 2 rings (SSSR count). The van der Waals surface area contributed by atoms with Gasteiger partial charge in [-0.3, -0.25) is 0 Å². The van der Waals surface area contributed by atoms with E-state index in [0.717, 1.165) is 5.56 Å². The van der Waals surface area contributed by atoms with Crippen molar-refractivity contribution in [2.24, 2.45) is 5.11 Å². The zero-order chi connectivity index (χ0) is 14.4. The second-order valence-corrected chi connectivity index (χ2v) is 4.50. The van der Waals surface area contributed by atoms with Gasteiger partial charge in [0.1, 0.15) is 6.10 Å². The number of aliphatic hydroxyl groups is 2. The molecule has 7 heteroatoms. The summed E-state index contributed by atoms with van der Waals surface area (Å²) in [4.78, 5) is 2.60. The minimum absolute atomic E-state index is 0.149. The van der Waals surface area contributed by atoms with Crippen LogP contribution in [0.5, 0.6) is 0 Å². The normalized spacial score (nSPS) is 18.5. The molecule has 1 saturated heterocycles. The van der Waals surface area contributed by atoms with Crippen LogP contribution in [-0.2, 0) is 9.47 Å². The molecular weight excluding hydrogens is 262 g/mol. The lowest BCUT2D eigenvalue weighted by Gasteiger charge is -2.18. The molecule has 1 aromatic rings. The average molecular weight is 279 g/mol. The van der Waals surface area contributed by atoms with Crippen molar-refractivity contribution in [3.8, 4) is 0 Å². The third-order valence-corrected chi connectivity index (χ3v) is 3.12. The molecule has 0 spiro atoms. The van der Waals surface area contributed by atoms with Crippen molar-refractivity contribution in [1.29, 1.82) is 0 Å². The molecule has 20 heavy (non-hydrogen) atoms. The van der Waals surface area contributed by atoms with Crippen LogP contribution in [0.25, 0.3) is 10.4 Å². The summed E-state index contributed by atoms with van der Waals surface area (Å²) in [5.41, 5.74) is 9.63. The van der Waals surface area contributed by atoms with E-state index in [4.69, 9.17) is 15.0 Å². The summed E-state index contributed by atoms with van der Waals surface area (Å²) in [6.07, 6.45) is -2.12. The van der Waals surface area contributed by atoms with Crippen LogP contribution >= 0.6 is 0 Å². The number of aliphatic hydroxyl groups excluding tert-OH is 2. The summed E-state index contributed by atoms with van der Waals surface area (Å²) >= 11 is 0. The first-order chi connectivity index (χ1) is 9.72. The zero-order valence-corrected chi connectivity index (χ0v) is 10.9. The van der Waals surface area contributed by atoms with Crippen LogP contribution in [0.4, 0.5) is 0 Å². The Morgan fingerprint density at radius 1 is 1.25 bits per heavy atom. The minimum atomic E-state index is -1.01. The average Bonchev–Trinajstić information content (AvgIpc) is 3.01. The van der Waals surface area contributed by atoms with Gasteiger partial charge >= 0.3 is 0 Å². The quantitative estimate of drug-likeness (QED) is 0.470. The van der Waals surface area contributed by atoms with Gasteiger partial charge in [0.25, 0.3) is 0 Å². The molecular formula is C13H17N3O4. The largest absolute Gasteiger partial charge is 0.390 e. The van der Waals surface area contributed by atoms with Gasteiger partial charge in [-0.25, -0.2) is 0 Å². The van der Waals surface area contributed by atoms with Gasteiger partial charge in [0, 0.05) is 17.0 Å². The fourth-order valence-electron chi connectivity index (χ4n) is 2.02. The lowest BCUT2D eigenvalue weighted by Crippen LogP contribution is -2.19. The van der Waals surface area contributed by atoms with Crippen molar-refractivity contribution in [3.05, 3.63) is 45.8 Å². The number of rotatable bonds is 6. The van der Waals surface area contributed by atoms with Gasteiger partial charge in [0.05, 0.1) is 19.3 Å². The molecule has 1 aliphatic rings. The number of hydrogen-bond donors (Lipinski definition) is 2. The van der Waals surface area contributed by atoms with E-state index < -0.39 is 12.2 Å². The molecule has 0 amide bonds. The van der Waals surface area contributed by atoms with Crippen LogP contribution in [0.2, 0.25) is 0 Å². The van der Waals surface area contributed by atoms with Crippen molar-refractivity contribution >= 4 is 0 Å². The van der Waals surface area contributed by atoms with Crippen LogP contribution in [0.15, 0.2) is 29.4 Å². The Morgan fingerprint density at radius 3 is 2.50 bits per heavy atom. The standard InChI is InChI=1S/C13H17N3O4/c14-16-15-6-5-11(17)12(18)9-1-3-10(4-2-9)13-19-7-8-20-13/h1-4,11-13,17-18H,5-8H2. The van der Waals surface area contributed by atoms with Gasteiger partial charge in [0.15, 0.2) is 6.29 Å². The van der Waals surface area contributed by atoms with Crippen LogP contribution < -0.4 is 0 Å². The fourth-order valence-corrected chi connectivity index (χ4v) is 2.02. The molecule has 1 aromatic carbocycles. The van der Waals surface area contributed by atoms with Crippen molar-refractivity contribution in [2.45, 2.75) is 24.9 Å². The van der Waals surface area contributed by atoms with E-state index in [1.54, 1.807) is 24.3 Å². The highest BCUT2D eigenvalue weighted by molar-refractivity contribution is 5.25. The summed E-state index contributed by atoms with van der Waals surface area (Å²) in [6.45, 7) is 1.30. The highest BCUT2D eigenvalue weighted by Crippen LogP contribution is 2.26. The summed E-state index contributed by atoms with van der Waals surface area (Å²) < 4.78 is 10.7. The Morgan fingerprint density at radius 2 is 1.90 bits per heavy atom. The summed E-state index contributed by atoms with van der Waals surface area (Å²) in [6, 6.07) is 7.05. The highest BCUT2D eigenvalue weighted by Gasteiger charge is 2.20. The number of benzene rings is 1. The summed E-state index contributed by atoms with van der Waals surface area (Å²) in [7, 11) is 0. The maximum absolute atomic E-state index is 10.00. The monoisotopic (exact) mass is 279 g/mol. The van der Waals surface area contributed by atoms with Gasteiger partial charge in [-0.1, -0.05) is 29.4 Å². The Labute approximate surface area is 116 Å². The van der Waals surface area contributed by atoms with Gasteiger partial charge in [-0.2, -0.15) is 0 Å². The van der Waals surface area contributed by atoms with E-state index in [1.165, 1.54) is 0 Å². The molecule has 0 aliphatic carbocycles. The first-order valence-corrected chi connectivity index (χ1v) is 6.42. The first-order valence-electron chi connectivity index (χ1n) is 6.42. The third kappa shape index (κ3) is 3.69. The van der Waals surface area contributed by atoms with Crippen LogP contribution in [0, 0.1) is 0 Å². The SMILES string of the molecule is [N-]=[N+]=NCCC(O)C(O)c1ccc(C2OCCO2)cc1. The third-order valence-electron chi connectivity index (χ3n) is 3.12. The van der Waals surface area contributed by atoms with E-state index in [0.29, 0.717) is 18.8 Å². The van der Waals surface area contributed by atoms with Crippen molar-refractivity contribution in [2.75, 3.05) is 19.8 Å². The van der Waals surface area contributed by atoms with Gasteiger partial charge in [-0.05, 0) is 17.5 Å². The Kier molecular flexibility index (Phi) is 5.34. The molecule has 7 nitrogen and oxygen atoms in total. The number of azide groups is 1.